The van der Waals surface area contributed by atoms with E-state index >= 15 is 0 Å². The number of hydrogen-bond donors (Lipinski definition) is 2. The highest BCUT2D eigenvalue weighted by molar-refractivity contribution is 6.04. The van der Waals surface area contributed by atoms with Crippen LogP contribution in [0.5, 0.6) is 0 Å². The van der Waals surface area contributed by atoms with E-state index in [-0.39, 0.29) is 23.9 Å². The van der Waals surface area contributed by atoms with Crippen LogP contribution >= 0.6 is 0 Å². The van der Waals surface area contributed by atoms with Crippen LogP contribution < -0.4 is 10.6 Å². The van der Waals surface area contributed by atoms with Crippen LogP contribution in [-0.2, 0) is 4.74 Å². The fourth-order valence-corrected chi connectivity index (χ4v) is 3.75. The van der Waals surface area contributed by atoms with Gasteiger partial charge in [-0.3, -0.25) is 9.59 Å². The fourth-order valence-electron chi connectivity index (χ4n) is 3.75. The highest BCUT2D eigenvalue weighted by Gasteiger charge is 2.28. The Bertz CT molecular complexity index is 968. The van der Waals surface area contributed by atoms with Crippen molar-refractivity contribution in [1.82, 2.24) is 14.8 Å². The van der Waals surface area contributed by atoms with E-state index in [0.29, 0.717) is 36.6 Å². The van der Waals surface area contributed by atoms with Gasteiger partial charge in [-0.15, -0.1) is 0 Å². The Morgan fingerprint density at radius 3 is 2.44 bits per heavy atom. The number of carbonyl (C=O) groups excluding carboxylic acids is 3. The van der Waals surface area contributed by atoms with Gasteiger partial charge in [-0.2, -0.15) is 0 Å². The Balaban J connectivity index is 1.64. The largest absolute Gasteiger partial charge is 0.444 e. The highest BCUT2D eigenvalue weighted by Crippen LogP contribution is 2.26. The van der Waals surface area contributed by atoms with Crippen LogP contribution in [0.1, 0.15) is 67.4 Å². The lowest BCUT2D eigenvalue weighted by Crippen LogP contribution is -2.42. The third-order valence-corrected chi connectivity index (χ3v) is 5.24. The van der Waals surface area contributed by atoms with Gasteiger partial charge in [0.15, 0.2) is 0 Å². The summed E-state index contributed by atoms with van der Waals surface area (Å²) >= 11 is 0. The second-order valence-electron chi connectivity index (χ2n) is 8.89. The molecule has 1 aliphatic heterocycles. The number of hydrogen-bond acceptors (Lipinski definition) is 4. The van der Waals surface area contributed by atoms with E-state index < -0.39 is 5.60 Å². The highest BCUT2D eigenvalue weighted by atomic mass is 16.6. The molecule has 0 atom stereocenters. The summed E-state index contributed by atoms with van der Waals surface area (Å²) in [5, 5.41) is 5.64. The number of benzene rings is 1. The quantitative estimate of drug-likeness (QED) is 0.733. The summed E-state index contributed by atoms with van der Waals surface area (Å²) in [6.07, 6.45) is 3.07. The van der Waals surface area contributed by atoms with Crippen LogP contribution in [0.3, 0.4) is 0 Å². The first-order chi connectivity index (χ1) is 15.2. The molecule has 8 heteroatoms. The maximum absolute atomic E-state index is 13.0. The number of rotatable bonds is 5. The van der Waals surface area contributed by atoms with Gasteiger partial charge in [-0.05, 0) is 70.9 Å². The Morgan fingerprint density at radius 2 is 1.78 bits per heavy atom. The van der Waals surface area contributed by atoms with Crippen LogP contribution in [-0.4, -0.2) is 52.6 Å². The molecule has 1 aliphatic rings. The molecule has 2 aromatic rings. The molecule has 1 aromatic carbocycles. The molecule has 8 nitrogen and oxygen atoms in total. The molecule has 1 fully saturated rings. The van der Waals surface area contributed by atoms with Crippen molar-refractivity contribution in [2.75, 3.05) is 25.0 Å². The van der Waals surface area contributed by atoms with Gasteiger partial charge < -0.3 is 24.8 Å². The molecule has 1 aromatic heterocycles. The first-order valence-electron chi connectivity index (χ1n) is 11.0. The topological polar surface area (TPSA) is 92.7 Å². The maximum atomic E-state index is 13.0. The lowest BCUT2D eigenvalue weighted by molar-refractivity contribution is 0.0187. The van der Waals surface area contributed by atoms with Crippen LogP contribution in [0.25, 0.3) is 0 Å². The molecule has 0 spiro atoms. The molecule has 32 heavy (non-hydrogen) atoms. The fraction of sp³-hybridized carbons (Fsp3) is 0.458. The molecule has 2 heterocycles. The number of amides is 3. The smallest absolute Gasteiger partial charge is 0.410 e. The normalized spacial score (nSPS) is 14.7. The molecule has 0 aliphatic carbocycles. The molecule has 3 amide bonds. The predicted molar refractivity (Wildman–Crippen MR) is 123 cm³/mol. The summed E-state index contributed by atoms with van der Waals surface area (Å²) in [6.45, 7) is 9.11. The number of piperidine rings is 1. The van der Waals surface area contributed by atoms with Crippen molar-refractivity contribution in [2.24, 2.45) is 0 Å². The zero-order valence-electron chi connectivity index (χ0n) is 19.2. The van der Waals surface area contributed by atoms with E-state index in [4.69, 9.17) is 4.74 Å². The molecule has 0 bridgehead atoms. The van der Waals surface area contributed by atoms with Crippen molar-refractivity contribution in [2.45, 2.75) is 52.2 Å². The Morgan fingerprint density at radius 1 is 1.06 bits per heavy atom. The number of carbonyl (C=O) groups is 3. The minimum Gasteiger partial charge on any atom is -0.444 e. The minimum absolute atomic E-state index is 0.117. The first-order valence-corrected chi connectivity index (χ1v) is 11.0. The zero-order chi connectivity index (χ0) is 23.3. The first kappa shape index (κ1) is 23.4. The lowest BCUT2D eigenvalue weighted by Gasteiger charge is -2.34. The number of nitrogens with zero attached hydrogens (tertiary/aromatic N) is 2. The Kier molecular flexibility index (Phi) is 7.22. The van der Waals surface area contributed by atoms with Gasteiger partial charge in [0.25, 0.3) is 11.8 Å². The molecule has 2 N–H and O–H groups in total. The average molecular weight is 441 g/mol. The van der Waals surface area contributed by atoms with Gasteiger partial charge in [0.1, 0.15) is 11.3 Å². The SMILES string of the molecule is CCNC(=O)c1cccc(NC(=O)c2cccn2C2CCN(C(=O)OC(C)(C)C)CC2)c1. The van der Waals surface area contributed by atoms with Gasteiger partial charge >= 0.3 is 6.09 Å². The van der Waals surface area contributed by atoms with Crippen molar-refractivity contribution in [3.8, 4) is 0 Å². The number of anilines is 1. The molecule has 0 radical (unpaired) electrons. The second kappa shape index (κ2) is 9.89. The molecular weight excluding hydrogens is 408 g/mol. The van der Waals surface area contributed by atoms with Crippen LogP contribution in [0, 0.1) is 0 Å². The second-order valence-corrected chi connectivity index (χ2v) is 8.89. The van der Waals surface area contributed by atoms with Crippen LogP contribution in [0.4, 0.5) is 10.5 Å². The van der Waals surface area contributed by atoms with Gasteiger partial charge in [-0.1, -0.05) is 6.07 Å². The van der Waals surface area contributed by atoms with Crippen molar-refractivity contribution < 1.29 is 19.1 Å². The van der Waals surface area contributed by atoms with Crippen LogP contribution in [0.2, 0.25) is 0 Å². The van der Waals surface area contributed by atoms with Crippen molar-refractivity contribution in [3.05, 3.63) is 53.9 Å². The number of aromatic nitrogens is 1. The Hall–Kier alpha value is -3.29. The lowest BCUT2D eigenvalue weighted by atomic mass is 10.0. The standard InChI is InChI=1S/C24H32N4O4/c1-5-25-21(29)17-8-6-9-18(16-17)26-22(30)20-10-7-13-28(20)19-11-14-27(15-12-19)23(31)32-24(2,3)4/h6-10,13,16,19H,5,11-12,14-15H2,1-4H3,(H,25,29)(H,26,30). The molecule has 1 saturated heterocycles. The third-order valence-electron chi connectivity index (χ3n) is 5.24. The monoisotopic (exact) mass is 440 g/mol. The maximum Gasteiger partial charge on any atom is 0.410 e. The summed E-state index contributed by atoms with van der Waals surface area (Å²) in [5.74, 6) is -0.415. The van der Waals surface area contributed by atoms with E-state index in [1.165, 1.54) is 0 Å². The summed E-state index contributed by atoms with van der Waals surface area (Å²) in [6, 6.07) is 10.6. The predicted octanol–water partition coefficient (Wildman–Crippen LogP) is 4.06. The van der Waals surface area contributed by atoms with E-state index in [2.05, 4.69) is 10.6 Å². The van der Waals surface area contributed by atoms with E-state index in [1.54, 1.807) is 35.2 Å². The molecular formula is C24H32N4O4. The molecule has 0 saturated carbocycles. The van der Waals surface area contributed by atoms with Crippen molar-refractivity contribution in [1.29, 1.82) is 0 Å². The van der Waals surface area contributed by atoms with E-state index in [1.807, 2.05) is 44.5 Å². The summed E-state index contributed by atoms with van der Waals surface area (Å²) in [5.41, 5.74) is 1.08. The van der Waals surface area contributed by atoms with Crippen molar-refractivity contribution in [3.63, 3.8) is 0 Å². The average Bonchev–Trinajstić information content (AvgIpc) is 3.23. The number of nitrogens with one attached hydrogen (secondary N) is 2. The minimum atomic E-state index is -0.520. The third kappa shape index (κ3) is 5.90. The van der Waals surface area contributed by atoms with E-state index in [9.17, 15) is 14.4 Å². The van der Waals surface area contributed by atoms with Gasteiger partial charge in [0.05, 0.1) is 0 Å². The van der Waals surface area contributed by atoms with Crippen molar-refractivity contribution >= 4 is 23.6 Å². The molecule has 0 unspecified atom stereocenters. The molecule has 172 valence electrons. The summed E-state index contributed by atoms with van der Waals surface area (Å²) < 4.78 is 7.43. The van der Waals surface area contributed by atoms with Gasteiger partial charge in [-0.25, -0.2) is 4.79 Å². The summed E-state index contributed by atoms with van der Waals surface area (Å²) in [7, 11) is 0. The number of likely N-dealkylation sites (tertiary alicyclic amines) is 1. The molecule has 3 rings (SSSR count). The number of ether oxygens (including phenoxy) is 1. The Labute approximate surface area is 188 Å². The summed E-state index contributed by atoms with van der Waals surface area (Å²) in [4.78, 5) is 39.0. The zero-order valence-corrected chi connectivity index (χ0v) is 19.2. The van der Waals surface area contributed by atoms with Gasteiger partial charge in [0, 0.05) is 43.1 Å². The van der Waals surface area contributed by atoms with Crippen LogP contribution in [0.15, 0.2) is 42.6 Å². The van der Waals surface area contributed by atoms with E-state index in [0.717, 1.165) is 12.8 Å². The van der Waals surface area contributed by atoms with Gasteiger partial charge in [0.2, 0.25) is 0 Å².